The average Bonchev–Trinajstić information content (AvgIpc) is 2.15. The maximum absolute atomic E-state index is 10.7. The van der Waals surface area contributed by atoms with E-state index in [2.05, 4.69) is 27.7 Å². The first-order valence-electron chi connectivity index (χ1n) is 5.10. The summed E-state index contributed by atoms with van der Waals surface area (Å²) in [5.41, 5.74) is -5.65. The van der Waals surface area contributed by atoms with Gasteiger partial charge in [-0.25, -0.2) is 8.42 Å². The van der Waals surface area contributed by atoms with Crippen molar-refractivity contribution in [2.24, 2.45) is 0 Å². The van der Waals surface area contributed by atoms with Crippen molar-refractivity contribution >= 4 is 34.0 Å². The van der Waals surface area contributed by atoms with Gasteiger partial charge >= 0.3 is 29.4 Å². The second-order valence-corrected chi connectivity index (χ2v) is 4.27. The van der Waals surface area contributed by atoms with E-state index in [0.29, 0.717) is 0 Å². The summed E-state index contributed by atoms with van der Waals surface area (Å²) >= 11 is 0. The minimum Gasteiger partial charge on any atom is -0.870 e. The van der Waals surface area contributed by atoms with Crippen molar-refractivity contribution < 1.29 is 31.6 Å². The van der Waals surface area contributed by atoms with E-state index in [-0.39, 0.29) is 29.4 Å². The van der Waals surface area contributed by atoms with Crippen molar-refractivity contribution in [3.63, 3.8) is 0 Å². The Morgan fingerprint density at radius 1 is 0.889 bits per heavy atom. The standard InChI is InChI=1S/2C4H10.CHF3O3S.H2O.Sn/c2*1-3-4-2;2-1(3,4)8(5,6)7;;/h2*3-4H2,1-2H3;(H,5,6,7);1H2;/q;;;;+2/p-2. The van der Waals surface area contributed by atoms with E-state index in [9.17, 15) is 13.2 Å². The monoisotopic (exact) mass is 402 g/mol. The van der Waals surface area contributed by atoms with Crippen LogP contribution in [0.3, 0.4) is 0 Å². The quantitative estimate of drug-likeness (QED) is 0.404. The molecule has 112 valence electrons. The summed E-state index contributed by atoms with van der Waals surface area (Å²) in [7, 11) is -6.09. The van der Waals surface area contributed by atoms with Crippen molar-refractivity contribution in [1.82, 2.24) is 0 Å². The summed E-state index contributed by atoms with van der Waals surface area (Å²) in [4.78, 5) is 0. The zero-order chi connectivity index (χ0) is 13.8. The van der Waals surface area contributed by atoms with Crippen LogP contribution in [0.2, 0.25) is 0 Å². The van der Waals surface area contributed by atoms with Crippen LogP contribution < -0.4 is 0 Å². The number of rotatable bonds is 2. The number of hydrogen-bond acceptors (Lipinski definition) is 4. The molecule has 4 nitrogen and oxygen atoms in total. The smallest absolute Gasteiger partial charge is 0.870 e. The van der Waals surface area contributed by atoms with Gasteiger partial charge in [0.1, 0.15) is 0 Å². The molecule has 0 aliphatic heterocycles. The Balaban J connectivity index is -0.0000000489. The molecule has 0 aromatic heterocycles. The van der Waals surface area contributed by atoms with Gasteiger partial charge in [-0.05, 0) is 0 Å². The minimum atomic E-state index is -6.09. The topological polar surface area (TPSA) is 87.2 Å². The third-order valence-corrected chi connectivity index (χ3v) is 1.85. The normalized spacial score (nSPS) is 9.56. The fraction of sp³-hybridized carbons (Fsp3) is 1.00. The molecule has 9 heteroatoms. The third kappa shape index (κ3) is 30.0. The van der Waals surface area contributed by atoms with Crippen LogP contribution >= 0.6 is 0 Å². The average molecular weight is 401 g/mol. The molecule has 0 saturated heterocycles. The van der Waals surface area contributed by atoms with E-state index in [4.69, 9.17) is 13.0 Å². The molecular weight excluding hydrogens is 380 g/mol. The van der Waals surface area contributed by atoms with E-state index in [1.165, 1.54) is 25.7 Å². The molecule has 0 bridgehead atoms. The van der Waals surface area contributed by atoms with E-state index in [1.807, 2.05) is 0 Å². The van der Waals surface area contributed by atoms with Gasteiger partial charge in [0.25, 0.3) is 0 Å². The van der Waals surface area contributed by atoms with Crippen molar-refractivity contribution in [3.8, 4) is 0 Å². The van der Waals surface area contributed by atoms with E-state index in [0.717, 1.165) is 0 Å². The number of unbranched alkanes of at least 4 members (excludes halogenated alkanes) is 2. The Kier molecular flexibility index (Phi) is 30.1. The molecule has 0 saturated carbocycles. The molecule has 0 heterocycles. The molecule has 0 aliphatic carbocycles. The summed E-state index contributed by atoms with van der Waals surface area (Å²) in [6, 6.07) is 0. The Morgan fingerprint density at radius 3 is 1.00 bits per heavy atom. The van der Waals surface area contributed by atoms with Crippen molar-refractivity contribution in [2.75, 3.05) is 0 Å². The maximum Gasteiger partial charge on any atom is 2.00 e. The third-order valence-electron chi connectivity index (χ3n) is 1.28. The van der Waals surface area contributed by atoms with Crippen molar-refractivity contribution in [1.29, 1.82) is 0 Å². The summed E-state index contributed by atoms with van der Waals surface area (Å²) in [5, 5.41) is 0. The van der Waals surface area contributed by atoms with Crippen LogP contribution in [-0.4, -0.2) is 47.9 Å². The maximum atomic E-state index is 10.7. The summed E-state index contributed by atoms with van der Waals surface area (Å²) in [6.07, 6.45) is 5.28. The van der Waals surface area contributed by atoms with Gasteiger partial charge in [0, 0.05) is 0 Å². The van der Waals surface area contributed by atoms with Gasteiger partial charge < -0.3 is 10.0 Å². The molecular formula is C9H21F3O4SSn. The van der Waals surface area contributed by atoms with Crippen molar-refractivity contribution in [3.05, 3.63) is 0 Å². The van der Waals surface area contributed by atoms with Gasteiger partial charge in [-0.2, -0.15) is 13.2 Å². The molecule has 0 rings (SSSR count). The Hall–Kier alpha value is 0.459. The number of hydrogen-bond donors (Lipinski definition) is 0. The van der Waals surface area contributed by atoms with E-state index in [1.54, 1.807) is 0 Å². The first-order chi connectivity index (χ1) is 7.08. The van der Waals surface area contributed by atoms with E-state index >= 15 is 0 Å². The minimum absolute atomic E-state index is 0. The molecule has 0 spiro atoms. The van der Waals surface area contributed by atoms with Crippen LogP contribution in [0.1, 0.15) is 53.4 Å². The number of halogens is 3. The molecule has 0 amide bonds. The SMILES string of the molecule is CCCC.CCCC.O=S(=O)([O-])C(F)(F)F.[OH-].[Sn+2]. The van der Waals surface area contributed by atoms with Crippen molar-refractivity contribution in [2.45, 2.75) is 58.9 Å². The summed E-state index contributed by atoms with van der Waals surface area (Å²) in [6.45, 7) is 8.72. The predicted octanol–water partition coefficient (Wildman–Crippen LogP) is 3.11. The molecule has 0 fully saturated rings. The van der Waals surface area contributed by atoms with Crippen LogP contribution in [0.5, 0.6) is 0 Å². The van der Waals surface area contributed by atoms with Crippen LogP contribution in [0.15, 0.2) is 0 Å². The first kappa shape index (κ1) is 31.1. The van der Waals surface area contributed by atoms with E-state index < -0.39 is 15.6 Å². The molecule has 0 unspecified atom stereocenters. The van der Waals surface area contributed by atoms with Gasteiger partial charge in [0.15, 0.2) is 10.1 Å². The molecule has 0 atom stereocenters. The second kappa shape index (κ2) is 17.5. The number of alkyl halides is 3. The van der Waals surface area contributed by atoms with Crippen LogP contribution in [0.25, 0.3) is 0 Å². The van der Waals surface area contributed by atoms with Crippen LogP contribution in [0.4, 0.5) is 13.2 Å². The summed E-state index contributed by atoms with van der Waals surface area (Å²) in [5.74, 6) is 0. The molecule has 0 aliphatic rings. The second-order valence-electron chi connectivity index (χ2n) is 2.90. The zero-order valence-corrected chi connectivity index (χ0v) is 14.7. The molecule has 0 aromatic rings. The first-order valence-corrected chi connectivity index (χ1v) is 6.51. The zero-order valence-electron chi connectivity index (χ0n) is 11.0. The van der Waals surface area contributed by atoms with Gasteiger partial charge in [-0.15, -0.1) is 0 Å². The molecule has 1 N–H and O–H groups in total. The Labute approximate surface area is 124 Å². The van der Waals surface area contributed by atoms with Gasteiger partial charge in [-0.3, -0.25) is 0 Å². The van der Waals surface area contributed by atoms with Crippen LogP contribution in [-0.2, 0) is 10.1 Å². The van der Waals surface area contributed by atoms with Crippen LogP contribution in [0, 0.1) is 0 Å². The van der Waals surface area contributed by atoms with Gasteiger partial charge in [0.05, 0.1) is 0 Å². The Bertz CT molecular complexity index is 222. The Morgan fingerprint density at radius 2 is 1.00 bits per heavy atom. The molecule has 18 heavy (non-hydrogen) atoms. The molecule has 0 aromatic carbocycles. The van der Waals surface area contributed by atoms with Gasteiger partial charge in [-0.1, -0.05) is 53.4 Å². The predicted molar refractivity (Wildman–Crippen MR) is 64.6 cm³/mol. The molecule has 2 radical (unpaired) electrons. The fourth-order valence-corrected chi connectivity index (χ4v) is 0. The summed E-state index contributed by atoms with van der Waals surface area (Å²) < 4.78 is 58.9. The van der Waals surface area contributed by atoms with Gasteiger partial charge in [0.2, 0.25) is 0 Å². The fourth-order valence-electron chi connectivity index (χ4n) is 0. The largest absolute Gasteiger partial charge is 2.00 e.